The summed E-state index contributed by atoms with van der Waals surface area (Å²) in [6.07, 6.45) is -0.303. The smallest absolute Gasteiger partial charge is 0.433 e. The molecule has 1 aliphatic heterocycles. The van der Waals surface area contributed by atoms with Crippen molar-refractivity contribution in [2.75, 3.05) is 36.5 Å². The van der Waals surface area contributed by atoms with Gasteiger partial charge in [-0.15, -0.1) is 0 Å². The first-order valence-corrected chi connectivity index (χ1v) is 12.8. The molecule has 0 radical (unpaired) electrons. The number of aromatic nitrogens is 2. The van der Waals surface area contributed by atoms with Crippen molar-refractivity contribution in [2.24, 2.45) is 11.8 Å². The number of ether oxygens (including phenoxy) is 1. The fourth-order valence-corrected chi connectivity index (χ4v) is 5.26. The highest BCUT2D eigenvalue weighted by molar-refractivity contribution is 6.06. The fraction of sp³-hybridized carbons (Fsp3) is 0.519. The van der Waals surface area contributed by atoms with Crippen LogP contribution in [0.1, 0.15) is 67.5 Å². The molecule has 1 amide bonds. The third-order valence-electron chi connectivity index (χ3n) is 7.46. The Bertz CT molecular complexity index is 1260. The van der Waals surface area contributed by atoms with E-state index in [1.807, 2.05) is 6.07 Å². The van der Waals surface area contributed by atoms with Gasteiger partial charge in [0, 0.05) is 25.1 Å². The largest absolute Gasteiger partial charge is 0.440 e. The van der Waals surface area contributed by atoms with Crippen LogP contribution in [-0.4, -0.2) is 42.2 Å². The van der Waals surface area contributed by atoms with Gasteiger partial charge in [0.05, 0.1) is 24.6 Å². The molecule has 0 bridgehead atoms. The van der Waals surface area contributed by atoms with Gasteiger partial charge in [-0.3, -0.25) is 4.79 Å². The van der Waals surface area contributed by atoms with Crippen molar-refractivity contribution in [3.8, 4) is 0 Å². The molecule has 1 N–H and O–H groups in total. The number of benzene rings is 1. The molecule has 0 atom stereocenters. The molecule has 1 saturated carbocycles. The number of nitrogens with zero attached hydrogens (tertiary/aromatic N) is 3. The van der Waals surface area contributed by atoms with Crippen molar-refractivity contribution in [2.45, 2.75) is 51.6 Å². The lowest BCUT2D eigenvalue weighted by Crippen LogP contribution is -2.36. The molecule has 0 spiro atoms. The standard InChI is InChI=1S/C27H31F3N4O3/c1-16(2)17-6-8-18(9-7-17)26-33-21-14-22(34-10-12-36-13-11-34)20(15-23(21)37-26)32-25(35)19-4-3-5-24(31-19)27(28,29)30/h3-5,14-18H,6-13H2,1-2H3,(H,32,35)/t17-,18-. The number of oxazole rings is 1. The monoisotopic (exact) mass is 516 g/mol. The van der Waals surface area contributed by atoms with Gasteiger partial charge in [-0.25, -0.2) is 9.97 Å². The number of amides is 1. The van der Waals surface area contributed by atoms with Crippen LogP contribution in [0, 0.1) is 11.8 Å². The second-order valence-corrected chi connectivity index (χ2v) is 10.2. The van der Waals surface area contributed by atoms with E-state index in [9.17, 15) is 18.0 Å². The summed E-state index contributed by atoms with van der Waals surface area (Å²) in [6.45, 7) is 6.82. The normalized spacial score (nSPS) is 21.0. The minimum Gasteiger partial charge on any atom is -0.440 e. The number of carbonyl (C=O) groups excluding carboxylic acids is 1. The molecule has 3 heterocycles. The third-order valence-corrected chi connectivity index (χ3v) is 7.46. The molecule has 0 unspecified atom stereocenters. The summed E-state index contributed by atoms with van der Waals surface area (Å²) < 4.78 is 51.0. The highest BCUT2D eigenvalue weighted by atomic mass is 19.4. The van der Waals surface area contributed by atoms with Crippen molar-refractivity contribution >= 4 is 28.4 Å². The Morgan fingerprint density at radius 3 is 2.49 bits per heavy atom. The first kappa shape index (κ1) is 25.5. The Hall–Kier alpha value is -3.14. The van der Waals surface area contributed by atoms with Crippen molar-refractivity contribution in [3.63, 3.8) is 0 Å². The lowest BCUT2D eigenvalue weighted by molar-refractivity contribution is -0.141. The van der Waals surface area contributed by atoms with Crippen LogP contribution in [0.3, 0.4) is 0 Å². The summed E-state index contributed by atoms with van der Waals surface area (Å²) in [4.78, 5) is 23.4. The summed E-state index contributed by atoms with van der Waals surface area (Å²) in [7, 11) is 0. The molecule has 2 aliphatic rings. The van der Waals surface area contributed by atoms with E-state index in [0.29, 0.717) is 54.9 Å². The summed E-state index contributed by atoms with van der Waals surface area (Å²) >= 11 is 0. The van der Waals surface area contributed by atoms with Gasteiger partial charge in [-0.05, 0) is 55.7 Å². The number of nitrogens with one attached hydrogen (secondary N) is 1. The predicted molar refractivity (Wildman–Crippen MR) is 134 cm³/mol. The lowest BCUT2D eigenvalue weighted by Gasteiger charge is -2.30. The van der Waals surface area contributed by atoms with Crippen molar-refractivity contribution in [3.05, 3.63) is 47.6 Å². The number of anilines is 2. The zero-order valence-corrected chi connectivity index (χ0v) is 21.0. The maximum Gasteiger partial charge on any atom is 0.433 e. The van der Waals surface area contributed by atoms with Gasteiger partial charge >= 0.3 is 6.18 Å². The van der Waals surface area contributed by atoms with Gasteiger partial charge in [-0.2, -0.15) is 13.2 Å². The van der Waals surface area contributed by atoms with Crippen LogP contribution >= 0.6 is 0 Å². The minimum atomic E-state index is -4.64. The van der Waals surface area contributed by atoms with E-state index < -0.39 is 17.8 Å². The Kier molecular flexibility index (Phi) is 7.11. The number of fused-ring (bicyclic) bond motifs is 1. The van der Waals surface area contributed by atoms with E-state index in [4.69, 9.17) is 14.1 Å². The topological polar surface area (TPSA) is 80.5 Å². The highest BCUT2D eigenvalue weighted by Crippen LogP contribution is 2.40. The Morgan fingerprint density at radius 1 is 1.08 bits per heavy atom. The van der Waals surface area contributed by atoms with Crippen LogP contribution in [0.15, 0.2) is 34.7 Å². The number of pyridine rings is 1. The first-order valence-electron chi connectivity index (χ1n) is 12.8. The molecule has 37 heavy (non-hydrogen) atoms. The van der Waals surface area contributed by atoms with E-state index in [1.165, 1.54) is 12.1 Å². The summed E-state index contributed by atoms with van der Waals surface area (Å²) in [5.41, 5.74) is 0.950. The zero-order valence-electron chi connectivity index (χ0n) is 21.0. The number of rotatable bonds is 5. The van der Waals surface area contributed by atoms with E-state index >= 15 is 0 Å². The van der Waals surface area contributed by atoms with E-state index in [0.717, 1.165) is 43.4 Å². The average molecular weight is 517 g/mol. The number of morpholine rings is 1. The molecule has 3 aromatic rings. The Balaban J connectivity index is 1.45. The van der Waals surface area contributed by atoms with Gasteiger partial charge in [0.15, 0.2) is 11.5 Å². The van der Waals surface area contributed by atoms with Gasteiger partial charge in [-0.1, -0.05) is 19.9 Å². The van der Waals surface area contributed by atoms with Crippen molar-refractivity contribution < 1.29 is 27.1 Å². The maximum atomic E-state index is 13.1. The number of halogens is 3. The molecule has 10 heteroatoms. The predicted octanol–water partition coefficient (Wildman–Crippen LogP) is 6.26. The molecule has 1 aromatic carbocycles. The zero-order chi connectivity index (χ0) is 26.2. The minimum absolute atomic E-state index is 0.251. The summed E-state index contributed by atoms with van der Waals surface area (Å²) in [6, 6.07) is 6.86. The van der Waals surface area contributed by atoms with Crippen LogP contribution in [0.5, 0.6) is 0 Å². The molecule has 2 aromatic heterocycles. The molecular formula is C27H31F3N4O3. The van der Waals surface area contributed by atoms with Crippen LogP contribution in [-0.2, 0) is 10.9 Å². The Morgan fingerprint density at radius 2 is 1.81 bits per heavy atom. The number of hydrogen-bond acceptors (Lipinski definition) is 6. The summed E-state index contributed by atoms with van der Waals surface area (Å²) in [5.74, 6) is 1.61. The Labute approximate surface area is 213 Å². The van der Waals surface area contributed by atoms with E-state index in [-0.39, 0.29) is 11.6 Å². The average Bonchev–Trinajstić information content (AvgIpc) is 3.31. The van der Waals surface area contributed by atoms with Gasteiger partial charge < -0.3 is 19.4 Å². The fourth-order valence-electron chi connectivity index (χ4n) is 5.26. The first-order chi connectivity index (χ1) is 17.7. The van der Waals surface area contributed by atoms with E-state index in [2.05, 4.69) is 29.0 Å². The molecule has 7 nitrogen and oxygen atoms in total. The molecule has 1 aliphatic carbocycles. The van der Waals surface area contributed by atoms with E-state index in [1.54, 1.807) is 6.07 Å². The number of alkyl halides is 3. The van der Waals surface area contributed by atoms with Gasteiger partial charge in [0.1, 0.15) is 16.9 Å². The molecule has 5 rings (SSSR count). The van der Waals surface area contributed by atoms with Crippen LogP contribution in [0.4, 0.5) is 24.5 Å². The molecule has 198 valence electrons. The van der Waals surface area contributed by atoms with Crippen LogP contribution in [0.2, 0.25) is 0 Å². The van der Waals surface area contributed by atoms with Gasteiger partial charge in [0.25, 0.3) is 5.91 Å². The third kappa shape index (κ3) is 5.58. The highest BCUT2D eigenvalue weighted by Gasteiger charge is 2.33. The second kappa shape index (κ2) is 10.3. The summed E-state index contributed by atoms with van der Waals surface area (Å²) in [5, 5.41) is 2.76. The van der Waals surface area contributed by atoms with Crippen molar-refractivity contribution in [1.82, 2.24) is 9.97 Å². The van der Waals surface area contributed by atoms with Gasteiger partial charge in [0.2, 0.25) is 0 Å². The second-order valence-electron chi connectivity index (χ2n) is 10.2. The maximum absolute atomic E-state index is 13.1. The number of carbonyl (C=O) groups is 1. The quantitative estimate of drug-likeness (QED) is 0.431. The molecule has 2 fully saturated rings. The van der Waals surface area contributed by atoms with Crippen LogP contribution in [0.25, 0.3) is 11.1 Å². The lowest BCUT2D eigenvalue weighted by atomic mass is 9.77. The van der Waals surface area contributed by atoms with Crippen molar-refractivity contribution in [1.29, 1.82) is 0 Å². The molecular weight excluding hydrogens is 485 g/mol. The van der Waals surface area contributed by atoms with Crippen LogP contribution < -0.4 is 10.2 Å². The number of hydrogen-bond donors (Lipinski definition) is 1. The molecule has 1 saturated heterocycles. The SMILES string of the molecule is CC(C)[C@H]1CC[C@H](c2nc3cc(N4CCOCC4)c(NC(=O)c4cccc(C(F)(F)F)n4)cc3o2)CC1.